The van der Waals surface area contributed by atoms with E-state index in [1.807, 2.05) is 6.20 Å². The predicted molar refractivity (Wildman–Crippen MR) is 55.8 cm³/mol. The van der Waals surface area contributed by atoms with Gasteiger partial charge in [-0.25, -0.2) is 10.4 Å². The number of hydrogen-bond acceptors (Lipinski definition) is 6. The fourth-order valence-electron chi connectivity index (χ4n) is 1.42. The Hall–Kier alpha value is -0.560. The Kier molecular flexibility index (Phi) is 3.41. The third-order valence-electron chi connectivity index (χ3n) is 2.39. The van der Waals surface area contributed by atoms with Crippen LogP contribution in [0.2, 0.25) is 0 Å². The van der Waals surface area contributed by atoms with E-state index in [-0.39, 0.29) is 0 Å². The van der Waals surface area contributed by atoms with Gasteiger partial charge >= 0.3 is 0 Å². The van der Waals surface area contributed by atoms with Gasteiger partial charge in [0.25, 0.3) is 0 Å². The molecule has 6 heteroatoms. The molecular weight excluding hydrogens is 198 g/mol. The van der Waals surface area contributed by atoms with Gasteiger partial charge in [0.2, 0.25) is 0 Å². The van der Waals surface area contributed by atoms with Crippen LogP contribution in [0.5, 0.6) is 0 Å². The number of nitrogens with one attached hydrogen (secondary N) is 1. The molecule has 0 amide bonds. The molecule has 1 aromatic heterocycles. The van der Waals surface area contributed by atoms with Crippen molar-refractivity contribution in [1.82, 2.24) is 24.9 Å². The third kappa shape index (κ3) is 2.71. The van der Waals surface area contributed by atoms with Crippen LogP contribution in [0.25, 0.3) is 0 Å². The first-order valence-electron chi connectivity index (χ1n) is 4.78. The molecule has 1 aliphatic rings. The maximum absolute atomic E-state index is 3.82. The van der Waals surface area contributed by atoms with Crippen molar-refractivity contribution in [1.29, 1.82) is 0 Å². The summed E-state index contributed by atoms with van der Waals surface area (Å²) < 4.78 is 3.82. The zero-order valence-corrected chi connectivity index (χ0v) is 9.13. The fraction of sp³-hybridized carbons (Fsp3) is 0.750. The molecule has 78 valence electrons. The topological polar surface area (TPSA) is 44.3 Å². The summed E-state index contributed by atoms with van der Waals surface area (Å²) >= 11 is 1.45. The Balaban J connectivity index is 1.71. The van der Waals surface area contributed by atoms with Gasteiger partial charge < -0.3 is 4.90 Å². The summed E-state index contributed by atoms with van der Waals surface area (Å²) in [5.74, 6) is 0. The van der Waals surface area contributed by atoms with Gasteiger partial charge in [0, 0.05) is 32.7 Å². The highest BCUT2D eigenvalue weighted by Crippen LogP contribution is 2.02. The van der Waals surface area contributed by atoms with E-state index in [1.165, 1.54) is 16.4 Å². The van der Waals surface area contributed by atoms with Gasteiger partial charge in [-0.2, -0.15) is 0 Å². The average molecular weight is 213 g/mol. The van der Waals surface area contributed by atoms with E-state index in [4.69, 9.17) is 0 Å². The van der Waals surface area contributed by atoms with Crippen LogP contribution in [-0.4, -0.2) is 52.7 Å². The number of likely N-dealkylation sites (N-methyl/N-ethyl adjacent to an activating group) is 1. The molecule has 0 unspecified atom stereocenters. The molecule has 5 nitrogen and oxygen atoms in total. The van der Waals surface area contributed by atoms with Crippen molar-refractivity contribution < 1.29 is 0 Å². The van der Waals surface area contributed by atoms with E-state index >= 15 is 0 Å². The van der Waals surface area contributed by atoms with E-state index in [1.54, 1.807) is 0 Å². The maximum atomic E-state index is 3.82. The standard InChI is InChI=1S/C8H15N5S/c1-12-2-4-13(5-3-12)10-7-8-6-9-11-14-8/h6,10H,2-5,7H2,1H3. The van der Waals surface area contributed by atoms with Crippen molar-refractivity contribution in [3.8, 4) is 0 Å². The van der Waals surface area contributed by atoms with E-state index in [0.717, 1.165) is 32.7 Å². The summed E-state index contributed by atoms with van der Waals surface area (Å²) in [5.41, 5.74) is 3.38. The second kappa shape index (κ2) is 4.79. The normalized spacial score (nSPS) is 20.1. The molecule has 1 aliphatic heterocycles. The van der Waals surface area contributed by atoms with Crippen LogP contribution < -0.4 is 5.43 Å². The molecule has 0 aliphatic carbocycles. The Morgan fingerprint density at radius 1 is 1.43 bits per heavy atom. The molecule has 2 rings (SSSR count). The molecule has 1 fully saturated rings. The molecule has 0 saturated carbocycles. The molecule has 14 heavy (non-hydrogen) atoms. The van der Waals surface area contributed by atoms with Gasteiger partial charge in [0.05, 0.1) is 11.1 Å². The first kappa shape index (κ1) is 9.97. The molecule has 1 N–H and O–H groups in total. The predicted octanol–water partition coefficient (Wildman–Crippen LogP) is -0.210. The fourth-order valence-corrected chi connectivity index (χ4v) is 1.84. The largest absolute Gasteiger partial charge is 0.304 e. The molecule has 1 aromatic rings. The minimum absolute atomic E-state index is 0.849. The molecule has 1 saturated heterocycles. The molecule has 0 atom stereocenters. The lowest BCUT2D eigenvalue weighted by Crippen LogP contribution is -2.50. The van der Waals surface area contributed by atoms with Gasteiger partial charge in [-0.05, 0) is 18.6 Å². The van der Waals surface area contributed by atoms with Crippen molar-refractivity contribution in [2.24, 2.45) is 0 Å². The van der Waals surface area contributed by atoms with Crippen molar-refractivity contribution in [2.45, 2.75) is 6.54 Å². The van der Waals surface area contributed by atoms with Crippen molar-refractivity contribution in [3.63, 3.8) is 0 Å². The van der Waals surface area contributed by atoms with E-state index in [0.29, 0.717) is 0 Å². The van der Waals surface area contributed by atoms with Gasteiger partial charge in [-0.15, -0.1) is 5.10 Å². The molecule has 0 aromatic carbocycles. The second-order valence-corrected chi connectivity index (χ2v) is 4.38. The minimum atomic E-state index is 0.849. The zero-order valence-electron chi connectivity index (χ0n) is 8.31. The highest BCUT2D eigenvalue weighted by atomic mass is 32.1. The molecule has 2 heterocycles. The van der Waals surface area contributed by atoms with Crippen LogP contribution in [0.4, 0.5) is 0 Å². The number of aromatic nitrogens is 2. The summed E-state index contributed by atoms with van der Waals surface area (Å²) in [7, 11) is 2.16. The number of piperazine rings is 1. The van der Waals surface area contributed by atoms with E-state index < -0.39 is 0 Å². The number of nitrogens with zero attached hydrogens (tertiary/aromatic N) is 4. The smallest absolute Gasteiger partial charge is 0.0666 e. The van der Waals surface area contributed by atoms with Crippen LogP contribution in [0.15, 0.2) is 6.20 Å². The summed E-state index contributed by atoms with van der Waals surface area (Å²) in [6.45, 7) is 5.29. The Morgan fingerprint density at radius 2 is 2.21 bits per heavy atom. The van der Waals surface area contributed by atoms with E-state index in [9.17, 15) is 0 Å². The van der Waals surface area contributed by atoms with Crippen LogP contribution in [-0.2, 0) is 6.54 Å². The van der Waals surface area contributed by atoms with Crippen LogP contribution in [0.3, 0.4) is 0 Å². The summed E-state index contributed by atoms with van der Waals surface area (Å²) in [6.07, 6.45) is 1.81. The summed E-state index contributed by atoms with van der Waals surface area (Å²) in [6, 6.07) is 0. The number of hydrogen-bond donors (Lipinski definition) is 1. The Bertz CT molecular complexity index is 255. The molecule has 0 spiro atoms. The highest BCUT2D eigenvalue weighted by molar-refractivity contribution is 7.05. The Labute approximate surface area is 87.8 Å². The number of hydrazine groups is 1. The summed E-state index contributed by atoms with van der Waals surface area (Å²) in [4.78, 5) is 3.52. The molecular formula is C8H15N5S. The lowest BCUT2D eigenvalue weighted by atomic mass is 10.4. The van der Waals surface area contributed by atoms with Crippen molar-refractivity contribution in [2.75, 3.05) is 33.2 Å². The first-order chi connectivity index (χ1) is 6.84. The van der Waals surface area contributed by atoms with E-state index in [2.05, 4.69) is 32.0 Å². The maximum Gasteiger partial charge on any atom is 0.0666 e. The SMILES string of the molecule is CN1CCN(NCc2cnns2)CC1. The lowest BCUT2D eigenvalue weighted by molar-refractivity contribution is 0.102. The molecule has 0 bridgehead atoms. The van der Waals surface area contributed by atoms with Crippen LogP contribution in [0, 0.1) is 0 Å². The molecule has 0 radical (unpaired) electrons. The third-order valence-corrected chi connectivity index (χ3v) is 3.05. The quantitative estimate of drug-likeness (QED) is 0.752. The van der Waals surface area contributed by atoms with Crippen molar-refractivity contribution >= 4 is 11.5 Å². The Morgan fingerprint density at radius 3 is 2.86 bits per heavy atom. The first-order valence-corrected chi connectivity index (χ1v) is 5.55. The lowest BCUT2D eigenvalue weighted by Gasteiger charge is -2.32. The van der Waals surface area contributed by atoms with Crippen LogP contribution >= 0.6 is 11.5 Å². The average Bonchev–Trinajstić information content (AvgIpc) is 2.70. The summed E-state index contributed by atoms with van der Waals surface area (Å²) in [5, 5.41) is 6.06. The monoisotopic (exact) mass is 213 g/mol. The van der Waals surface area contributed by atoms with Crippen molar-refractivity contribution in [3.05, 3.63) is 11.1 Å². The van der Waals surface area contributed by atoms with Gasteiger partial charge in [0.1, 0.15) is 0 Å². The second-order valence-electron chi connectivity index (χ2n) is 3.51. The zero-order chi connectivity index (χ0) is 9.80. The highest BCUT2D eigenvalue weighted by Gasteiger charge is 2.12. The van der Waals surface area contributed by atoms with Crippen LogP contribution in [0.1, 0.15) is 4.88 Å². The minimum Gasteiger partial charge on any atom is -0.304 e. The van der Waals surface area contributed by atoms with Gasteiger partial charge in [-0.1, -0.05) is 4.49 Å². The van der Waals surface area contributed by atoms with Gasteiger partial charge in [-0.3, -0.25) is 0 Å². The number of rotatable bonds is 3. The van der Waals surface area contributed by atoms with Gasteiger partial charge in [0.15, 0.2) is 0 Å².